The molecule has 0 unspecified atom stereocenters. The van der Waals surface area contributed by atoms with Crippen molar-refractivity contribution in [3.8, 4) is 0 Å². The number of rotatable bonds is 8. The summed E-state index contributed by atoms with van der Waals surface area (Å²) in [6.45, 7) is 1.63. The predicted molar refractivity (Wildman–Crippen MR) is 102 cm³/mol. The topological polar surface area (TPSA) is 104 Å². The van der Waals surface area contributed by atoms with Crippen LogP contribution in [0.3, 0.4) is 0 Å². The van der Waals surface area contributed by atoms with Gasteiger partial charge in [0, 0.05) is 5.56 Å². The summed E-state index contributed by atoms with van der Waals surface area (Å²) >= 11 is 5.91. The number of carbonyl (C=O) groups is 2. The van der Waals surface area contributed by atoms with E-state index in [1.165, 1.54) is 12.1 Å². The molecule has 0 aliphatic carbocycles. The minimum Gasteiger partial charge on any atom is -0.454 e. The van der Waals surface area contributed by atoms with Crippen molar-refractivity contribution in [2.45, 2.75) is 31.1 Å². The van der Waals surface area contributed by atoms with Gasteiger partial charge in [0.05, 0.1) is 15.5 Å². The second-order valence-electron chi connectivity index (χ2n) is 5.99. The van der Waals surface area contributed by atoms with Crippen LogP contribution in [0, 0.1) is 0 Å². The molecule has 0 spiro atoms. The van der Waals surface area contributed by atoms with E-state index < -0.39 is 22.6 Å². The molecule has 0 aliphatic heterocycles. The molecule has 0 atom stereocenters. The molecular weight excluding hydrogens is 390 g/mol. The fourth-order valence-corrected chi connectivity index (χ4v) is 3.10. The Hall–Kier alpha value is -2.22. The average molecular weight is 410 g/mol. The van der Waals surface area contributed by atoms with Gasteiger partial charge < -0.3 is 4.74 Å². The number of halogens is 1. The standard InChI is InChI=1S/C19H20ClNO5S/c1-2-3-4-13-5-7-14(8-6-13)18(22)12-26-19(23)16-11-15(27(21,24)25)9-10-17(16)20/h5-11H,2-4,12H2,1H3,(H2,21,24,25). The maximum atomic E-state index is 12.2. The van der Waals surface area contributed by atoms with E-state index in [0.717, 1.165) is 30.9 Å². The van der Waals surface area contributed by atoms with Crippen LogP contribution in [-0.2, 0) is 21.2 Å². The highest BCUT2D eigenvalue weighted by Gasteiger charge is 2.18. The molecule has 0 fully saturated rings. The van der Waals surface area contributed by atoms with Crippen molar-refractivity contribution >= 4 is 33.4 Å². The summed E-state index contributed by atoms with van der Waals surface area (Å²) in [6.07, 6.45) is 3.11. The number of benzene rings is 2. The van der Waals surface area contributed by atoms with Crippen LogP contribution in [0.2, 0.25) is 5.02 Å². The molecule has 2 rings (SSSR count). The highest BCUT2D eigenvalue weighted by Crippen LogP contribution is 2.21. The van der Waals surface area contributed by atoms with Gasteiger partial charge in [0.25, 0.3) is 0 Å². The molecule has 2 aromatic rings. The number of hydrogen-bond donors (Lipinski definition) is 1. The maximum absolute atomic E-state index is 12.2. The number of carbonyl (C=O) groups excluding carboxylic acids is 2. The number of Topliss-reactive ketones (excluding diaryl/α,β-unsaturated/α-hetero) is 1. The molecule has 8 heteroatoms. The van der Waals surface area contributed by atoms with Crippen LogP contribution in [0.25, 0.3) is 0 Å². The number of aryl methyl sites for hydroxylation is 1. The Bertz CT molecular complexity index is 939. The Labute approximate surface area is 163 Å². The van der Waals surface area contributed by atoms with Crippen molar-refractivity contribution < 1.29 is 22.7 Å². The summed E-state index contributed by atoms with van der Waals surface area (Å²) in [5, 5.41) is 5.04. The smallest absolute Gasteiger partial charge is 0.340 e. The molecule has 0 saturated heterocycles. The number of unbranched alkanes of at least 4 members (excludes halogenated alkanes) is 1. The van der Waals surface area contributed by atoms with Gasteiger partial charge in [0.1, 0.15) is 0 Å². The summed E-state index contributed by atoms with van der Waals surface area (Å²) in [7, 11) is -3.99. The lowest BCUT2D eigenvalue weighted by atomic mass is 10.0. The van der Waals surface area contributed by atoms with Crippen LogP contribution in [0.15, 0.2) is 47.4 Å². The van der Waals surface area contributed by atoms with Gasteiger partial charge in [-0.15, -0.1) is 0 Å². The van der Waals surface area contributed by atoms with Gasteiger partial charge >= 0.3 is 5.97 Å². The first-order valence-corrected chi connectivity index (χ1v) is 10.3. The van der Waals surface area contributed by atoms with Gasteiger partial charge in [-0.25, -0.2) is 18.4 Å². The number of primary sulfonamides is 1. The Morgan fingerprint density at radius 3 is 2.37 bits per heavy atom. The van der Waals surface area contributed by atoms with Crippen LogP contribution < -0.4 is 5.14 Å². The van der Waals surface area contributed by atoms with E-state index >= 15 is 0 Å². The van der Waals surface area contributed by atoms with Gasteiger partial charge in [-0.3, -0.25) is 4.79 Å². The van der Waals surface area contributed by atoms with E-state index in [9.17, 15) is 18.0 Å². The Morgan fingerprint density at radius 2 is 1.78 bits per heavy atom. The van der Waals surface area contributed by atoms with Crippen LogP contribution in [0.1, 0.15) is 46.0 Å². The van der Waals surface area contributed by atoms with Gasteiger partial charge in [-0.1, -0.05) is 49.2 Å². The molecule has 0 heterocycles. The first kappa shape index (κ1) is 21.1. The van der Waals surface area contributed by atoms with Crippen molar-refractivity contribution in [1.82, 2.24) is 0 Å². The highest BCUT2D eigenvalue weighted by atomic mass is 35.5. The van der Waals surface area contributed by atoms with Gasteiger partial charge in [-0.2, -0.15) is 0 Å². The lowest BCUT2D eigenvalue weighted by molar-refractivity contribution is 0.0474. The van der Waals surface area contributed by atoms with Gasteiger partial charge in [0.15, 0.2) is 12.4 Å². The molecular formula is C19H20ClNO5S. The Kier molecular flexibility index (Phi) is 7.12. The average Bonchev–Trinajstić information content (AvgIpc) is 2.64. The third-order valence-corrected chi connectivity index (χ3v) is 5.16. The molecule has 2 N–H and O–H groups in total. The maximum Gasteiger partial charge on any atom is 0.340 e. The number of hydrogen-bond acceptors (Lipinski definition) is 5. The summed E-state index contributed by atoms with van der Waals surface area (Å²) in [6, 6.07) is 10.6. The fraction of sp³-hybridized carbons (Fsp3) is 0.263. The zero-order chi connectivity index (χ0) is 20.0. The first-order chi connectivity index (χ1) is 12.7. The van der Waals surface area contributed by atoms with E-state index in [1.54, 1.807) is 12.1 Å². The van der Waals surface area contributed by atoms with Crippen molar-refractivity contribution in [1.29, 1.82) is 0 Å². The second-order valence-corrected chi connectivity index (χ2v) is 7.96. The molecule has 0 amide bonds. The summed E-state index contributed by atoms with van der Waals surface area (Å²) < 4.78 is 27.8. The molecule has 6 nitrogen and oxygen atoms in total. The first-order valence-electron chi connectivity index (χ1n) is 8.34. The van der Waals surface area contributed by atoms with Crippen LogP contribution in [-0.4, -0.2) is 26.8 Å². The zero-order valence-electron chi connectivity index (χ0n) is 14.8. The van der Waals surface area contributed by atoms with Crippen molar-refractivity contribution in [2.24, 2.45) is 5.14 Å². The molecule has 0 aromatic heterocycles. The van der Waals surface area contributed by atoms with Crippen LogP contribution in [0.5, 0.6) is 0 Å². The van der Waals surface area contributed by atoms with Crippen molar-refractivity contribution in [3.63, 3.8) is 0 Å². The normalized spacial score (nSPS) is 11.2. The number of ether oxygens (including phenoxy) is 1. The van der Waals surface area contributed by atoms with Crippen LogP contribution in [0.4, 0.5) is 0 Å². The molecule has 0 bridgehead atoms. The minimum absolute atomic E-state index is 0.000117. The van der Waals surface area contributed by atoms with E-state index in [0.29, 0.717) is 5.56 Å². The number of esters is 1. The van der Waals surface area contributed by atoms with E-state index in [4.69, 9.17) is 21.5 Å². The monoisotopic (exact) mass is 409 g/mol. The Balaban J connectivity index is 2.04. The number of ketones is 1. The van der Waals surface area contributed by atoms with Crippen molar-refractivity contribution in [3.05, 3.63) is 64.2 Å². The second kappa shape index (κ2) is 9.12. The minimum atomic E-state index is -3.99. The summed E-state index contributed by atoms with van der Waals surface area (Å²) in [4.78, 5) is 24.1. The number of nitrogens with two attached hydrogens (primary N) is 1. The fourth-order valence-electron chi connectivity index (χ4n) is 2.37. The Morgan fingerprint density at radius 1 is 1.11 bits per heavy atom. The summed E-state index contributed by atoms with van der Waals surface area (Å²) in [5.41, 5.74) is 1.38. The lowest BCUT2D eigenvalue weighted by Crippen LogP contribution is -2.16. The van der Waals surface area contributed by atoms with Crippen LogP contribution >= 0.6 is 11.6 Å². The molecule has 0 aliphatic rings. The van der Waals surface area contributed by atoms with Gasteiger partial charge in [0.2, 0.25) is 10.0 Å². The summed E-state index contributed by atoms with van der Waals surface area (Å²) in [5.74, 6) is -1.28. The number of sulfonamides is 1. The van der Waals surface area contributed by atoms with Crippen molar-refractivity contribution in [2.75, 3.05) is 6.61 Å². The molecule has 2 aromatic carbocycles. The van der Waals surface area contributed by atoms with Gasteiger partial charge in [-0.05, 0) is 36.6 Å². The third kappa shape index (κ3) is 5.89. The molecule has 0 radical (unpaired) electrons. The molecule has 0 saturated carbocycles. The van der Waals surface area contributed by atoms with E-state index in [-0.39, 0.29) is 21.3 Å². The third-order valence-electron chi connectivity index (χ3n) is 3.92. The highest BCUT2D eigenvalue weighted by molar-refractivity contribution is 7.89. The lowest BCUT2D eigenvalue weighted by Gasteiger charge is -2.08. The quantitative estimate of drug-likeness (QED) is 0.531. The SMILES string of the molecule is CCCCc1ccc(C(=O)COC(=O)c2cc(S(N)(=O)=O)ccc2Cl)cc1. The van der Waals surface area contributed by atoms with E-state index in [1.807, 2.05) is 12.1 Å². The predicted octanol–water partition coefficient (Wildman–Crippen LogP) is 3.37. The largest absolute Gasteiger partial charge is 0.454 e. The molecule has 144 valence electrons. The van der Waals surface area contributed by atoms with E-state index in [2.05, 4.69) is 6.92 Å². The zero-order valence-corrected chi connectivity index (χ0v) is 16.3. The molecule has 27 heavy (non-hydrogen) atoms.